The molecule has 0 nitrogen and oxygen atoms in total. The first kappa shape index (κ1) is 12.8. The van der Waals surface area contributed by atoms with Crippen molar-refractivity contribution in [3.63, 3.8) is 0 Å². The molecule has 0 heterocycles. The number of aryl methyl sites for hydroxylation is 1. The second kappa shape index (κ2) is 5.81. The highest BCUT2D eigenvalue weighted by molar-refractivity contribution is 7.99. The Morgan fingerprint density at radius 2 is 1.71 bits per heavy atom. The lowest BCUT2D eigenvalue weighted by atomic mass is 10.2. The van der Waals surface area contributed by atoms with Crippen molar-refractivity contribution in [2.75, 3.05) is 0 Å². The molecule has 17 heavy (non-hydrogen) atoms. The van der Waals surface area contributed by atoms with Gasteiger partial charge in [-0.25, -0.2) is 0 Å². The molecule has 0 spiro atoms. The van der Waals surface area contributed by atoms with E-state index in [2.05, 4.69) is 31.2 Å². The Morgan fingerprint density at radius 3 is 2.29 bits per heavy atom. The topological polar surface area (TPSA) is 0 Å². The molecule has 0 aromatic heterocycles. The predicted molar refractivity (Wildman–Crippen MR) is 76.4 cm³/mol. The van der Waals surface area contributed by atoms with Crippen LogP contribution in [0.1, 0.15) is 12.5 Å². The largest absolute Gasteiger partial charge is 0.0885 e. The maximum Gasteiger partial charge on any atom is 0.0560 e. The Hall–Kier alpha value is -0.630. The number of hydrogen-bond acceptors (Lipinski definition) is 1. The second-order valence-corrected chi connectivity index (χ2v) is 5.63. The van der Waals surface area contributed by atoms with Gasteiger partial charge in [0.05, 0.1) is 5.02 Å². The smallest absolute Gasteiger partial charge is 0.0560 e. The average molecular weight is 283 g/mol. The fourth-order valence-corrected chi connectivity index (χ4v) is 2.82. The zero-order valence-corrected chi connectivity index (χ0v) is 11.7. The molecule has 0 aliphatic heterocycles. The number of halogens is 2. The minimum absolute atomic E-state index is 0.667. The summed E-state index contributed by atoms with van der Waals surface area (Å²) in [6.45, 7) is 2.15. The van der Waals surface area contributed by atoms with E-state index in [1.165, 1.54) is 10.5 Å². The first-order chi connectivity index (χ1) is 8.19. The molecule has 0 aliphatic rings. The molecule has 0 N–H and O–H groups in total. The maximum absolute atomic E-state index is 6.13. The predicted octanol–water partition coefficient (Wildman–Crippen LogP) is 5.71. The van der Waals surface area contributed by atoms with Crippen molar-refractivity contribution < 1.29 is 0 Å². The van der Waals surface area contributed by atoms with Gasteiger partial charge < -0.3 is 0 Å². The Bertz CT molecular complexity index is 506. The first-order valence-corrected chi connectivity index (χ1v) is 6.98. The lowest BCUT2D eigenvalue weighted by molar-refractivity contribution is 1.13. The van der Waals surface area contributed by atoms with Crippen LogP contribution in [0.4, 0.5) is 0 Å². The average Bonchev–Trinajstić information content (AvgIpc) is 2.34. The third-order valence-electron chi connectivity index (χ3n) is 2.45. The third-order valence-corrected chi connectivity index (χ3v) is 4.20. The Balaban J connectivity index is 2.19. The summed E-state index contributed by atoms with van der Waals surface area (Å²) in [6, 6.07) is 14.1. The summed E-state index contributed by atoms with van der Waals surface area (Å²) in [7, 11) is 0. The van der Waals surface area contributed by atoms with Crippen LogP contribution in [0.3, 0.4) is 0 Å². The summed E-state index contributed by atoms with van der Waals surface area (Å²) in [5, 5.41) is 1.36. The van der Waals surface area contributed by atoms with Gasteiger partial charge in [0.2, 0.25) is 0 Å². The summed E-state index contributed by atoms with van der Waals surface area (Å²) < 4.78 is 0. The molecule has 2 aromatic rings. The molecule has 2 rings (SSSR count). The molecule has 0 saturated heterocycles. The molecular weight excluding hydrogens is 271 g/mol. The van der Waals surface area contributed by atoms with Gasteiger partial charge in [-0.15, -0.1) is 0 Å². The summed E-state index contributed by atoms with van der Waals surface area (Å²) in [5.41, 5.74) is 1.34. The lowest BCUT2D eigenvalue weighted by Crippen LogP contribution is -1.80. The molecule has 0 amide bonds. The van der Waals surface area contributed by atoms with E-state index in [4.69, 9.17) is 23.2 Å². The van der Waals surface area contributed by atoms with Crippen LogP contribution in [0.2, 0.25) is 10.0 Å². The second-order valence-electron chi connectivity index (χ2n) is 3.67. The molecule has 0 radical (unpaired) electrons. The number of rotatable bonds is 3. The van der Waals surface area contributed by atoms with Gasteiger partial charge in [0.1, 0.15) is 0 Å². The van der Waals surface area contributed by atoms with E-state index in [1.54, 1.807) is 17.8 Å². The van der Waals surface area contributed by atoms with Crippen LogP contribution in [0, 0.1) is 0 Å². The van der Waals surface area contributed by atoms with E-state index >= 15 is 0 Å². The van der Waals surface area contributed by atoms with Gasteiger partial charge >= 0.3 is 0 Å². The molecule has 0 unspecified atom stereocenters. The van der Waals surface area contributed by atoms with Crippen LogP contribution in [0.5, 0.6) is 0 Å². The van der Waals surface area contributed by atoms with Crippen molar-refractivity contribution in [3.05, 3.63) is 58.1 Å². The molecule has 3 heteroatoms. The van der Waals surface area contributed by atoms with Crippen molar-refractivity contribution in [3.8, 4) is 0 Å². The van der Waals surface area contributed by atoms with E-state index in [0.29, 0.717) is 10.0 Å². The minimum atomic E-state index is 0.667. The van der Waals surface area contributed by atoms with Crippen LogP contribution in [0.15, 0.2) is 52.3 Å². The summed E-state index contributed by atoms with van der Waals surface area (Å²) in [6.07, 6.45) is 1.06. The summed E-state index contributed by atoms with van der Waals surface area (Å²) in [5.74, 6) is 0. The van der Waals surface area contributed by atoms with Crippen LogP contribution >= 0.6 is 35.0 Å². The van der Waals surface area contributed by atoms with Crippen molar-refractivity contribution in [2.24, 2.45) is 0 Å². The molecule has 0 fully saturated rings. The van der Waals surface area contributed by atoms with E-state index in [9.17, 15) is 0 Å². The molecular formula is C14H12Cl2S. The molecule has 0 bridgehead atoms. The van der Waals surface area contributed by atoms with Gasteiger partial charge in [0, 0.05) is 14.8 Å². The lowest BCUT2D eigenvalue weighted by Gasteiger charge is -2.05. The van der Waals surface area contributed by atoms with Gasteiger partial charge in [-0.2, -0.15) is 0 Å². The van der Waals surface area contributed by atoms with Crippen molar-refractivity contribution in [1.29, 1.82) is 0 Å². The van der Waals surface area contributed by atoms with Crippen molar-refractivity contribution in [2.45, 2.75) is 23.1 Å². The Kier molecular flexibility index (Phi) is 4.38. The number of benzene rings is 2. The zero-order valence-electron chi connectivity index (χ0n) is 9.41. The fraction of sp³-hybridized carbons (Fsp3) is 0.143. The molecule has 2 aromatic carbocycles. The highest BCUT2D eigenvalue weighted by atomic mass is 35.5. The number of hydrogen-bond donors (Lipinski definition) is 0. The van der Waals surface area contributed by atoms with Gasteiger partial charge in [-0.3, -0.25) is 0 Å². The van der Waals surface area contributed by atoms with Gasteiger partial charge in [-0.1, -0.05) is 54.0 Å². The first-order valence-electron chi connectivity index (χ1n) is 5.41. The third kappa shape index (κ3) is 3.41. The Labute approximate surface area is 116 Å². The van der Waals surface area contributed by atoms with Gasteiger partial charge in [0.15, 0.2) is 0 Å². The molecule has 0 aliphatic carbocycles. The van der Waals surface area contributed by atoms with Crippen LogP contribution in [-0.4, -0.2) is 0 Å². The van der Waals surface area contributed by atoms with E-state index in [1.807, 2.05) is 12.1 Å². The van der Waals surface area contributed by atoms with Crippen LogP contribution in [0.25, 0.3) is 0 Å². The fourth-order valence-electron chi connectivity index (χ4n) is 1.48. The highest BCUT2D eigenvalue weighted by Crippen LogP contribution is 2.34. The van der Waals surface area contributed by atoms with E-state index in [-0.39, 0.29) is 0 Å². The molecule has 0 saturated carbocycles. The van der Waals surface area contributed by atoms with Crippen LogP contribution < -0.4 is 0 Å². The summed E-state index contributed by atoms with van der Waals surface area (Å²) >= 11 is 13.7. The monoisotopic (exact) mass is 282 g/mol. The summed E-state index contributed by atoms with van der Waals surface area (Å²) in [4.78, 5) is 2.21. The SMILES string of the molecule is CCc1ccc(Sc2ccc(Cl)cc2Cl)cc1. The van der Waals surface area contributed by atoms with E-state index in [0.717, 1.165) is 11.3 Å². The maximum atomic E-state index is 6.13. The van der Waals surface area contributed by atoms with Crippen molar-refractivity contribution in [1.82, 2.24) is 0 Å². The molecule has 88 valence electrons. The zero-order chi connectivity index (χ0) is 12.3. The van der Waals surface area contributed by atoms with Gasteiger partial charge in [0.25, 0.3) is 0 Å². The minimum Gasteiger partial charge on any atom is -0.0885 e. The van der Waals surface area contributed by atoms with Crippen molar-refractivity contribution >= 4 is 35.0 Å². The molecule has 0 atom stereocenters. The standard InChI is InChI=1S/C14H12Cl2S/c1-2-10-3-6-12(7-4-10)17-14-8-5-11(15)9-13(14)16/h3-9H,2H2,1H3. The van der Waals surface area contributed by atoms with Crippen LogP contribution in [-0.2, 0) is 6.42 Å². The highest BCUT2D eigenvalue weighted by Gasteiger charge is 2.03. The quantitative estimate of drug-likeness (QED) is 0.695. The normalized spacial score (nSPS) is 10.5. The Morgan fingerprint density at radius 1 is 1.00 bits per heavy atom. The van der Waals surface area contributed by atoms with Gasteiger partial charge in [-0.05, 0) is 42.3 Å². The van der Waals surface area contributed by atoms with E-state index < -0.39 is 0 Å².